The molecule has 2 aromatic rings. The maximum absolute atomic E-state index is 12.5. The van der Waals surface area contributed by atoms with Crippen LogP contribution < -0.4 is 15.5 Å². The Balaban J connectivity index is 0.00000196. The highest BCUT2D eigenvalue weighted by Gasteiger charge is 2.21. The molecule has 140 valence electrons. The van der Waals surface area contributed by atoms with Crippen LogP contribution in [0.1, 0.15) is 46.6 Å². The standard InChI is InChI=1S/C18H24N6O.ClH/c25-18(17-14-12-19-6-5-15(14)22-23-17)21-11-13-4-7-20-16(10-13)24-8-2-1-3-9-24;/h4,7,10,19H,1-3,5-6,8-9,11-12H2,(H,21,25)(H,22,23);1H. The number of H-pyrrole nitrogens is 1. The monoisotopic (exact) mass is 376 g/mol. The highest BCUT2D eigenvalue weighted by molar-refractivity contribution is 5.94. The highest BCUT2D eigenvalue weighted by Crippen LogP contribution is 2.19. The third kappa shape index (κ3) is 3.99. The van der Waals surface area contributed by atoms with E-state index in [1.165, 1.54) is 19.3 Å². The number of nitrogens with zero attached hydrogens (tertiary/aromatic N) is 3. The normalized spacial score (nSPS) is 16.5. The Morgan fingerprint density at radius 2 is 2.12 bits per heavy atom. The van der Waals surface area contributed by atoms with Crippen LogP contribution in [0.5, 0.6) is 0 Å². The molecule has 2 aromatic heterocycles. The van der Waals surface area contributed by atoms with Crippen LogP contribution in [0.2, 0.25) is 0 Å². The zero-order chi connectivity index (χ0) is 17.1. The summed E-state index contributed by atoms with van der Waals surface area (Å²) in [4.78, 5) is 19.3. The van der Waals surface area contributed by atoms with Crippen molar-refractivity contribution in [3.8, 4) is 0 Å². The summed E-state index contributed by atoms with van der Waals surface area (Å²) in [5, 5.41) is 13.5. The zero-order valence-electron chi connectivity index (χ0n) is 14.8. The van der Waals surface area contributed by atoms with Gasteiger partial charge in [-0.1, -0.05) is 0 Å². The number of amides is 1. The van der Waals surface area contributed by atoms with Gasteiger partial charge in [0.15, 0.2) is 5.69 Å². The van der Waals surface area contributed by atoms with Gasteiger partial charge in [-0.2, -0.15) is 5.10 Å². The van der Waals surface area contributed by atoms with Gasteiger partial charge in [0.05, 0.1) is 0 Å². The van der Waals surface area contributed by atoms with E-state index in [1.54, 1.807) is 0 Å². The minimum Gasteiger partial charge on any atom is -0.357 e. The fraction of sp³-hybridized carbons (Fsp3) is 0.500. The molecule has 0 aliphatic carbocycles. The molecule has 4 rings (SSSR count). The number of rotatable bonds is 4. The fourth-order valence-corrected chi connectivity index (χ4v) is 3.55. The SMILES string of the molecule is Cl.O=C(NCc1ccnc(N2CCCCC2)c1)c1n[nH]c2c1CNCC2. The minimum absolute atomic E-state index is 0. The molecule has 2 aliphatic rings. The van der Waals surface area contributed by atoms with Crippen LogP contribution in [0, 0.1) is 0 Å². The van der Waals surface area contributed by atoms with Gasteiger partial charge in [-0.25, -0.2) is 4.98 Å². The molecule has 3 N–H and O–H groups in total. The predicted octanol–water partition coefficient (Wildman–Crippen LogP) is 1.79. The second-order valence-corrected chi connectivity index (χ2v) is 6.71. The number of hydrogen-bond acceptors (Lipinski definition) is 5. The van der Waals surface area contributed by atoms with Crippen molar-refractivity contribution in [1.29, 1.82) is 0 Å². The van der Waals surface area contributed by atoms with Gasteiger partial charge in [0.1, 0.15) is 5.82 Å². The summed E-state index contributed by atoms with van der Waals surface area (Å²) in [6.07, 6.45) is 6.46. The Labute approximate surface area is 159 Å². The molecule has 0 unspecified atom stereocenters. The Kier molecular flexibility index (Phi) is 6.11. The molecule has 0 bridgehead atoms. The molecule has 4 heterocycles. The summed E-state index contributed by atoms with van der Waals surface area (Å²) in [6, 6.07) is 4.03. The number of hydrogen-bond donors (Lipinski definition) is 3. The maximum Gasteiger partial charge on any atom is 0.272 e. The summed E-state index contributed by atoms with van der Waals surface area (Å²) in [6.45, 7) is 4.23. The van der Waals surface area contributed by atoms with E-state index in [-0.39, 0.29) is 18.3 Å². The smallest absolute Gasteiger partial charge is 0.272 e. The molecule has 8 heteroatoms. The van der Waals surface area contributed by atoms with Crippen molar-refractivity contribution in [1.82, 2.24) is 25.8 Å². The zero-order valence-corrected chi connectivity index (χ0v) is 15.6. The molecule has 1 saturated heterocycles. The molecule has 0 saturated carbocycles. The predicted molar refractivity (Wildman–Crippen MR) is 103 cm³/mol. The Morgan fingerprint density at radius 1 is 1.27 bits per heavy atom. The highest BCUT2D eigenvalue weighted by atomic mass is 35.5. The molecule has 1 amide bonds. The molecule has 1 fully saturated rings. The molecule has 0 atom stereocenters. The lowest BCUT2D eigenvalue weighted by atomic mass is 10.1. The Hall–Kier alpha value is -2.12. The first-order valence-electron chi connectivity index (χ1n) is 9.06. The van der Waals surface area contributed by atoms with Crippen LogP contribution in [-0.2, 0) is 19.5 Å². The topological polar surface area (TPSA) is 85.9 Å². The summed E-state index contributed by atoms with van der Waals surface area (Å²) >= 11 is 0. The number of aromatic amines is 1. The third-order valence-electron chi connectivity index (χ3n) is 4.96. The van der Waals surface area contributed by atoms with Gasteiger partial charge < -0.3 is 15.5 Å². The number of anilines is 1. The van der Waals surface area contributed by atoms with Gasteiger partial charge in [-0.05, 0) is 37.0 Å². The maximum atomic E-state index is 12.5. The number of aromatic nitrogens is 3. The van der Waals surface area contributed by atoms with Crippen LogP contribution in [-0.4, -0.2) is 40.7 Å². The van der Waals surface area contributed by atoms with E-state index in [1.807, 2.05) is 12.3 Å². The Bertz CT molecular complexity index is 756. The summed E-state index contributed by atoms with van der Waals surface area (Å²) in [5.41, 5.74) is 3.63. The second kappa shape index (κ2) is 8.51. The van der Waals surface area contributed by atoms with Crippen molar-refractivity contribution in [3.63, 3.8) is 0 Å². The van der Waals surface area contributed by atoms with Gasteiger partial charge in [0.25, 0.3) is 5.91 Å². The Morgan fingerprint density at radius 3 is 2.96 bits per heavy atom. The quantitative estimate of drug-likeness (QED) is 0.757. The minimum atomic E-state index is -0.127. The lowest BCUT2D eigenvalue weighted by Crippen LogP contribution is -2.30. The first kappa shape index (κ1) is 18.7. The summed E-state index contributed by atoms with van der Waals surface area (Å²) in [5.74, 6) is 0.880. The van der Waals surface area contributed by atoms with Gasteiger partial charge in [0.2, 0.25) is 0 Å². The van der Waals surface area contributed by atoms with E-state index in [9.17, 15) is 4.79 Å². The van der Waals surface area contributed by atoms with Crippen molar-refractivity contribution in [2.75, 3.05) is 24.5 Å². The average molecular weight is 377 g/mol. The van der Waals surface area contributed by atoms with E-state index in [0.717, 1.165) is 48.7 Å². The van der Waals surface area contributed by atoms with Crippen molar-refractivity contribution in [2.45, 2.75) is 38.8 Å². The number of pyridine rings is 1. The lowest BCUT2D eigenvalue weighted by Gasteiger charge is -2.27. The van der Waals surface area contributed by atoms with E-state index in [4.69, 9.17) is 0 Å². The second-order valence-electron chi connectivity index (χ2n) is 6.71. The molecule has 7 nitrogen and oxygen atoms in total. The van der Waals surface area contributed by atoms with E-state index < -0.39 is 0 Å². The van der Waals surface area contributed by atoms with Gasteiger partial charge in [0, 0.05) is 56.6 Å². The summed E-state index contributed by atoms with van der Waals surface area (Å²) in [7, 11) is 0. The molecule has 26 heavy (non-hydrogen) atoms. The van der Waals surface area contributed by atoms with Crippen LogP contribution in [0.25, 0.3) is 0 Å². The molecule has 0 radical (unpaired) electrons. The van der Waals surface area contributed by atoms with Crippen LogP contribution in [0.15, 0.2) is 18.3 Å². The van der Waals surface area contributed by atoms with Crippen molar-refractivity contribution < 1.29 is 4.79 Å². The molecule has 0 spiro atoms. The number of piperidine rings is 1. The molecule has 0 aromatic carbocycles. The average Bonchev–Trinajstić information content (AvgIpc) is 3.11. The number of nitrogens with one attached hydrogen (secondary N) is 3. The van der Waals surface area contributed by atoms with E-state index in [0.29, 0.717) is 18.8 Å². The van der Waals surface area contributed by atoms with Crippen molar-refractivity contribution >= 4 is 24.1 Å². The summed E-state index contributed by atoms with van der Waals surface area (Å²) < 4.78 is 0. The molecule has 2 aliphatic heterocycles. The van der Waals surface area contributed by atoms with Crippen LogP contribution >= 0.6 is 12.4 Å². The lowest BCUT2D eigenvalue weighted by molar-refractivity contribution is 0.0944. The van der Waals surface area contributed by atoms with Crippen LogP contribution in [0.3, 0.4) is 0 Å². The third-order valence-corrected chi connectivity index (χ3v) is 4.96. The first-order valence-corrected chi connectivity index (χ1v) is 9.06. The first-order chi connectivity index (χ1) is 12.3. The van der Waals surface area contributed by atoms with E-state index in [2.05, 4.69) is 36.8 Å². The number of carbonyl (C=O) groups excluding carboxylic acids is 1. The number of halogens is 1. The largest absolute Gasteiger partial charge is 0.357 e. The van der Waals surface area contributed by atoms with Gasteiger partial charge in [-0.15, -0.1) is 12.4 Å². The van der Waals surface area contributed by atoms with E-state index >= 15 is 0 Å². The fourth-order valence-electron chi connectivity index (χ4n) is 3.55. The molecular formula is C18H25ClN6O. The number of fused-ring (bicyclic) bond motifs is 1. The van der Waals surface area contributed by atoms with Crippen molar-refractivity contribution in [3.05, 3.63) is 40.8 Å². The van der Waals surface area contributed by atoms with Gasteiger partial charge >= 0.3 is 0 Å². The van der Waals surface area contributed by atoms with Crippen molar-refractivity contribution in [2.24, 2.45) is 0 Å². The van der Waals surface area contributed by atoms with Crippen LogP contribution in [0.4, 0.5) is 5.82 Å². The number of carbonyl (C=O) groups is 1. The molecular weight excluding hydrogens is 352 g/mol. The van der Waals surface area contributed by atoms with Gasteiger partial charge in [-0.3, -0.25) is 9.89 Å².